The normalized spacial score (nSPS) is 10.3. The Balaban J connectivity index is 0.00000165. The summed E-state index contributed by atoms with van der Waals surface area (Å²) in [5.41, 5.74) is -2.15. The number of hydrogen-bond donors (Lipinski definition) is 6. The van der Waals surface area contributed by atoms with Gasteiger partial charge in [-0.05, 0) is 59.6 Å². The fraction of sp³-hybridized carbons (Fsp3) is 0.500. The van der Waals surface area contributed by atoms with Gasteiger partial charge in [0.2, 0.25) is 10.5 Å². The highest BCUT2D eigenvalue weighted by Crippen LogP contribution is 2.24. The summed E-state index contributed by atoms with van der Waals surface area (Å²) in [7, 11) is 0. The van der Waals surface area contributed by atoms with Gasteiger partial charge in [-0.2, -0.15) is 0 Å². The summed E-state index contributed by atoms with van der Waals surface area (Å²) in [5, 5.41) is 83.6. The number of hydrogen-bond acceptors (Lipinski definition) is 36. The summed E-state index contributed by atoms with van der Waals surface area (Å²) in [6.45, 7) is 0.528. The minimum atomic E-state index is -1.35. The maximum Gasteiger partial charge on any atom is 0.335 e. The van der Waals surface area contributed by atoms with Crippen LogP contribution in [0.1, 0.15) is 125 Å². The van der Waals surface area contributed by atoms with Crippen LogP contribution in [-0.2, 0) is 144 Å². The number of halogens is 2. The highest BCUT2D eigenvalue weighted by molar-refractivity contribution is 6.63. The molecule has 46 heteroatoms. The molecule has 0 unspecified atom stereocenters. The van der Waals surface area contributed by atoms with Gasteiger partial charge in [0.1, 0.15) is 52.9 Å². The zero-order chi connectivity index (χ0) is 84.2. The predicted octanol–water partition coefficient (Wildman–Crippen LogP) is 4.18. The molecule has 0 aliphatic rings. The first-order chi connectivity index (χ1) is 53.2. The van der Waals surface area contributed by atoms with Crippen LogP contribution in [0.15, 0.2) is 54.6 Å². The Hall–Kier alpha value is -11.4. The minimum absolute atomic E-state index is 0.0155. The second-order valence-corrected chi connectivity index (χ2v) is 22.0. The molecule has 112 heavy (non-hydrogen) atoms. The lowest BCUT2D eigenvalue weighted by molar-refractivity contribution is -0.386. The molecule has 3 aromatic carbocycles. The number of ether oxygens (including phenoxy) is 14. The molecule has 0 amide bonds. The van der Waals surface area contributed by atoms with Gasteiger partial charge in [0, 0.05) is 31.0 Å². The van der Waals surface area contributed by atoms with E-state index in [4.69, 9.17) is 120 Å². The van der Waals surface area contributed by atoms with Gasteiger partial charge in [-0.3, -0.25) is 87.9 Å². The second-order valence-electron chi connectivity index (χ2n) is 21.2. The number of aliphatic carboxylic acids is 2. The van der Waals surface area contributed by atoms with Gasteiger partial charge >= 0.3 is 77.6 Å². The number of benzene rings is 3. The van der Waals surface area contributed by atoms with Crippen LogP contribution in [0.5, 0.6) is 0 Å². The number of nitro groups is 3. The minimum Gasteiger partial charge on any atom is -0.481 e. The van der Waals surface area contributed by atoms with Gasteiger partial charge in [0.15, 0.2) is 0 Å². The van der Waals surface area contributed by atoms with E-state index < -0.39 is 134 Å². The monoisotopic (exact) mass is 1640 g/mol. The quantitative estimate of drug-likeness (QED) is 0.0115. The van der Waals surface area contributed by atoms with Crippen molar-refractivity contribution < 1.29 is 184 Å². The van der Waals surface area contributed by atoms with E-state index in [-0.39, 0.29) is 235 Å². The van der Waals surface area contributed by atoms with E-state index in [0.29, 0.717) is 0 Å². The number of carboxylic acids is 5. The number of nitrogens with zero attached hydrogens (tertiary/aromatic N) is 3. The molecule has 3 rings (SSSR count). The van der Waals surface area contributed by atoms with E-state index in [1.165, 1.54) is 12.1 Å². The van der Waals surface area contributed by atoms with Crippen LogP contribution in [-0.4, -0.2) is 252 Å². The molecule has 0 radical (unpaired) electrons. The van der Waals surface area contributed by atoms with Crippen molar-refractivity contribution in [1.82, 2.24) is 0 Å². The molecule has 0 saturated carbocycles. The molecule has 0 saturated heterocycles. The van der Waals surface area contributed by atoms with Gasteiger partial charge in [-0.1, -0.05) is 0 Å². The number of aliphatic hydroxyl groups is 1. The average molecular weight is 1640 g/mol. The third-order valence-corrected chi connectivity index (χ3v) is 13.2. The molecular formula is C66H81Cl2N3O41. The van der Waals surface area contributed by atoms with Crippen LogP contribution < -0.4 is 0 Å². The molecule has 0 fully saturated rings. The molecule has 0 heterocycles. The van der Waals surface area contributed by atoms with Crippen molar-refractivity contribution in [2.45, 2.75) is 96.9 Å². The van der Waals surface area contributed by atoms with Crippen LogP contribution in [0.2, 0.25) is 0 Å². The lowest BCUT2D eigenvalue weighted by Crippen LogP contribution is -2.16. The first-order valence-corrected chi connectivity index (χ1v) is 33.6. The van der Waals surface area contributed by atoms with E-state index in [1.54, 1.807) is 0 Å². The van der Waals surface area contributed by atoms with Crippen molar-refractivity contribution in [2.75, 3.05) is 119 Å². The van der Waals surface area contributed by atoms with E-state index in [0.717, 1.165) is 42.5 Å². The number of esters is 8. The topological polar surface area (TPSA) is 636 Å². The standard InChI is InChI=1S/C30H32N2O18.C14H20Cl2O8.C14H22O10.C8H7NO5/c33-25(5-7-27(35)49-17-21-3-1-19(29(37)38)15-23(21)31(41)42)47-13-11-45-9-10-46-12-14-48-26(34)6-8-28(36)50-18-22-4-2-20(30(39)40)16-24(22)32(43)44;15-11(17)1-3-13(19)23-9-7-21-5-6-22-8-10-24-14(20)4-2-12(16)18;15-11(16)1-3-13(19)23-9-7-21-5-6-22-8-10-24-14(20)4-2-12(17)18;10-4-6-2-1-5(8(11)12)3-7(6)9(13)14/h1-4,15-16H,5-14,17-18H2,(H,37,38)(H,39,40);1-10H2;1-10H2,(H,15,16)(H,17,18);1-3,10H,4H2,(H,11,12). The smallest absolute Gasteiger partial charge is 0.335 e. The van der Waals surface area contributed by atoms with Gasteiger partial charge < -0.3 is 97.0 Å². The average Bonchev–Trinajstić information content (AvgIpc) is 0.855. The zero-order valence-electron chi connectivity index (χ0n) is 59.6. The Morgan fingerprint density at radius 3 is 0.688 bits per heavy atom. The van der Waals surface area contributed by atoms with E-state index in [9.17, 15) is 102 Å². The van der Waals surface area contributed by atoms with Crippen molar-refractivity contribution >= 4 is 128 Å². The molecule has 0 bridgehead atoms. The Morgan fingerprint density at radius 1 is 0.286 bits per heavy atom. The van der Waals surface area contributed by atoms with Crippen molar-refractivity contribution in [3.63, 3.8) is 0 Å². The lowest BCUT2D eigenvalue weighted by Gasteiger charge is -2.08. The molecule has 0 spiro atoms. The summed E-state index contributed by atoms with van der Waals surface area (Å²) in [4.78, 5) is 196. The number of carbonyl (C=O) groups excluding carboxylic acids is 10. The molecule has 44 nitrogen and oxygen atoms in total. The highest BCUT2D eigenvalue weighted by atomic mass is 35.5. The molecule has 6 N–H and O–H groups in total. The van der Waals surface area contributed by atoms with E-state index >= 15 is 0 Å². The summed E-state index contributed by atoms with van der Waals surface area (Å²) in [6, 6.07) is 9.64. The van der Waals surface area contributed by atoms with Gasteiger partial charge in [-0.15, -0.1) is 0 Å². The fourth-order valence-electron chi connectivity index (χ4n) is 7.35. The summed E-state index contributed by atoms with van der Waals surface area (Å²) >= 11 is 10.2. The van der Waals surface area contributed by atoms with Crippen molar-refractivity contribution in [1.29, 1.82) is 0 Å². The molecule has 0 aromatic heterocycles. The van der Waals surface area contributed by atoms with Crippen LogP contribution in [0.25, 0.3) is 0 Å². The highest BCUT2D eigenvalue weighted by Gasteiger charge is 2.22. The third kappa shape index (κ3) is 53.4. The van der Waals surface area contributed by atoms with E-state index in [2.05, 4.69) is 0 Å². The SMILES string of the molecule is O=C(CCC(=O)OCc1ccc(C(=O)O)cc1[N+](=O)[O-])OCCOCCOCCOC(=O)CCC(=O)OCc1ccc(C(=O)O)cc1[N+](=O)[O-].O=C(Cl)CCC(=O)OCCOCCOCCOC(=O)CCC(=O)Cl.O=C(O)CCC(=O)OCCOCCOCCOC(=O)CCC(=O)O.O=C(O)c1ccc(CO)c([N+](=O)[O-])c1. The van der Waals surface area contributed by atoms with Crippen molar-refractivity contribution in [3.8, 4) is 0 Å². The van der Waals surface area contributed by atoms with Crippen molar-refractivity contribution in [2.24, 2.45) is 0 Å². The predicted molar refractivity (Wildman–Crippen MR) is 369 cm³/mol. The van der Waals surface area contributed by atoms with Crippen LogP contribution in [0.4, 0.5) is 17.1 Å². The molecule has 0 aliphatic heterocycles. The summed E-state index contributed by atoms with van der Waals surface area (Å²) in [5.74, 6) is -11.4. The number of rotatable bonds is 56. The van der Waals surface area contributed by atoms with Crippen LogP contribution in [0.3, 0.4) is 0 Å². The number of carboxylic acid groups (broad SMARTS) is 5. The van der Waals surface area contributed by atoms with Crippen LogP contribution >= 0.6 is 23.2 Å². The Bertz CT molecular complexity index is 3340. The Labute approximate surface area is 643 Å². The molecule has 0 aliphatic carbocycles. The van der Waals surface area contributed by atoms with Crippen molar-refractivity contribution in [3.05, 3.63) is 118 Å². The Morgan fingerprint density at radius 2 is 0.482 bits per heavy atom. The second kappa shape index (κ2) is 61.4. The molecule has 3 aromatic rings. The van der Waals surface area contributed by atoms with Gasteiger partial charge in [0.05, 0.1) is 198 Å². The van der Waals surface area contributed by atoms with Crippen LogP contribution in [0, 0.1) is 30.3 Å². The Kier molecular flexibility index (Phi) is 55.1. The third-order valence-electron chi connectivity index (χ3n) is 12.8. The molecule has 620 valence electrons. The molecular weight excluding hydrogens is 1560 g/mol. The molecule has 0 atom stereocenters. The fourth-order valence-corrected chi connectivity index (χ4v) is 7.54. The zero-order valence-corrected chi connectivity index (χ0v) is 61.1. The lowest BCUT2D eigenvalue weighted by atomic mass is 10.1. The summed E-state index contributed by atoms with van der Waals surface area (Å²) in [6.07, 6.45) is -2.47. The summed E-state index contributed by atoms with van der Waals surface area (Å²) < 4.78 is 69.7. The first kappa shape index (κ1) is 101. The number of aromatic carboxylic acids is 3. The first-order valence-electron chi connectivity index (χ1n) is 32.8. The van der Waals surface area contributed by atoms with Gasteiger partial charge in [-0.25, -0.2) is 14.4 Å². The number of carbonyl (C=O) groups is 15. The number of aliphatic hydroxyl groups excluding tert-OH is 1. The maximum atomic E-state index is 11.9. The maximum absolute atomic E-state index is 11.9. The largest absolute Gasteiger partial charge is 0.481 e. The number of nitro benzene ring substituents is 3. The van der Waals surface area contributed by atoms with Gasteiger partial charge in [0.25, 0.3) is 17.1 Å². The van der Waals surface area contributed by atoms with E-state index in [1.807, 2.05) is 0 Å².